The van der Waals surface area contributed by atoms with Crippen LogP contribution in [0, 0.1) is 5.92 Å². The Morgan fingerprint density at radius 2 is 1.91 bits per heavy atom. The van der Waals surface area contributed by atoms with Crippen LogP contribution in [0.5, 0.6) is 5.75 Å². The molecule has 6 heteroatoms. The van der Waals surface area contributed by atoms with Crippen LogP contribution in [-0.2, 0) is 9.59 Å². The summed E-state index contributed by atoms with van der Waals surface area (Å²) in [6.07, 6.45) is 0.425. The SMILES string of the molecule is CCOc1ccc(SCC(=O)N[C@@H](CC(C)C)C(=O)O)cc1. The van der Waals surface area contributed by atoms with E-state index >= 15 is 0 Å². The number of amides is 1. The zero-order valence-electron chi connectivity index (χ0n) is 13.2. The molecule has 0 heterocycles. The summed E-state index contributed by atoms with van der Waals surface area (Å²) in [5.41, 5.74) is 0. The maximum Gasteiger partial charge on any atom is 0.326 e. The highest BCUT2D eigenvalue weighted by Gasteiger charge is 2.20. The first-order valence-electron chi connectivity index (χ1n) is 7.30. The van der Waals surface area contributed by atoms with Gasteiger partial charge in [-0.05, 0) is 43.5 Å². The number of aliphatic carboxylic acids is 1. The molecule has 5 nitrogen and oxygen atoms in total. The van der Waals surface area contributed by atoms with Crippen LogP contribution in [0.4, 0.5) is 0 Å². The van der Waals surface area contributed by atoms with Gasteiger partial charge < -0.3 is 15.2 Å². The predicted octanol–water partition coefficient (Wildman–Crippen LogP) is 2.79. The average molecular weight is 325 g/mol. The van der Waals surface area contributed by atoms with Crippen LogP contribution in [0.1, 0.15) is 27.2 Å². The summed E-state index contributed by atoms with van der Waals surface area (Å²) in [6.45, 7) is 6.39. The number of rotatable bonds is 9. The van der Waals surface area contributed by atoms with Gasteiger partial charge in [-0.1, -0.05) is 13.8 Å². The van der Waals surface area contributed by atoms with Crippen molar-refractivity contribution < 1.29 is 19.4 Å². The number of carboxylic acid groups (broad SMARTS) is 1. The summed E-state index contributed by atoms with van der Waals surface area (Å²) in [7, 11) is 0. The molecule has 122 valence electrons. The van der Waals surface area contributed by atoms with E-state index in [0.717, 1.165) is 10.6 Å². The first-order chi connectivity index (χ1) is 10.4. The van der Waals surface area contributed by atoms with Crippen molar-refractivity contribution in [3.8, 4) is 5.75 Å². The van der Waals surface area contributed by atoms with Gasteiger partial charge in [-0.2, -0.15) is 0 Å². The zero-order chi connectivity index (χ0) is 16.5. The number of nitrogens with one attached hydrogen (secondary N) is 1. The van der Waals surface area contributed by atoms with Crippen molar-refractivity contribution in [3.05, 3.63) is 24.3 Å². The monoisotopic (exact) mass is 325 g/mol. The summed E-state index contributed by atoms with van der Waals surface area (Å²) >= 11 is 1.37. The van der Waals surface area contributed by atoms with Gasteiger partial charge in [0.1, 0.15) is 11.8 Å². The molecule has 0 saturated carbocycles. The van der Waals surface area contributed by atoms with Gasteiger partial charge in [0.25, 0.3) is 0 Å². The summed E-state index contributed by atoms with van der Waals surface area (Å²) < 4.78 is 5.35. The van der Waals surface area contributed by atoms with Gasteiger partial charge in [0.15, 0.2) is 0 Å². The van der Waals surface area contributed by atoms with E-state index in [0.29, 0.717) is 13.0 Å². The number of benzene rings is 1. The fraction of sp³-hybridized carbons (Fsp3) is 0.500. The van der Waals surface area contributed by atoms with E-state index in [9.17, 15) is 9.59 Å². The Morgan fingerprint density at radius 3 is 2.41 bits per heavy atom. The smallest absolute Gasteiger partial charge is 0.326 e. The fourth-order valence-electron chi connectivity index (χ4n) is 1.88. The maximum atomic E-state index is 11.9. The van der Waals surface area contributed by atoms with E-state index in [4.69, 9.17) is 9.84 Å². The number of carbonyl (C=O) groups excluding carboxylic acids is 1. The first-order valence-corrected chi connectivity index (χ1v) is 8.28. The number of thioether (sulfide) groups is 1. The van der Waals surface area contributed by atoms with Crippen LogP contribution >= 0.6 is 11.8 Å². The quantitative estimate of drug-likeness (QED) is 0.683. The third-order valence-electron chi connectivity index (χ3n) is 2.85. The molecular weight excluding hydrogens is 302 g/mol. The first kappa shape index (κ1) is 18.4. The van der Waals surface area contributed by atoms with Crippen molar-refractivity contribution in [2.75, 3.05) is 12.4 Å². The Hall–Kier alpha value is -1.69. The van der Waals surface area contributed by atoms with Crippen molar-refractivity contribution >= 4 is 23.6 Å². The zero-order valence-corrected chi connectivity index (χ0v) is 14.0. The molecule has 0 spiro atoms. The molecule has 22 heavy (non-hydrogen) atoms. The average Bonchev–Trinajstić information content (AvgIpc) is 2.45. The van der Waals surface area contributed by atoms with Gasteiger partial charge in [0.2, 0.25) is 5.91 Å². The molecule has 0 unspecified atom stereocenters. The molecule has 0 saturated heterocycles. The molecule has 1 atom stereocenters. The van der Waals surface area contributed by atoms with E-state index in [1.54, 1.807) is 0 Å². The van der Waals surface area contributed by atoms with Gasteiger partial charge in [0.05, 0.1) is 12.4 Å². The van der Waals surface area contributed by atoms with Gasteiger partial charge >= 0.3 is 5.97 Å². The van der Waals surface area contributed by atoms with E-state index in [2.05, 4.69) is 5.32 Å². The van der Waals surface area contributed by atoms with Gasteiger partial charge in [0, 0.05) is 4.90 Å². The van der Waals surface area contributed by atoms with Crippen LogP contribution in [0.3, 0.4) is 0 Å². The molecule has 0 aliphatic carbocycles. The molecule has 1 aromatic carbocycles. The number of carbonyl (C=O) groups is 2. The highest BCUT2D eigenvalue weighted by Crippen LogP contribution is 2.21. The highest BCUT2D eigenvalue weighted by atomic mass is 32.2. The molecule has 0 radical (unpaired) electrons. The Bertz CT molecular complexity index is 487. The number of carboxylic acids is 1. The molecule has 0 bridgehead atoms. The van der Waals surface area contributed by atoms with Crippen molar-refractivity contribution in [1.29, 1.82) is 0 Å². The second-order valence-electron chi connectivity index (χ2n) is 5.28. The third kappa shape index (κ3) is 6.85. The minimum Gasteiger partial charge on any atom is -0.494 e. The lowest BCUT2D eigenvalue weighted by molar-refractivity contribution is -0.141. The largest absolute Gasteiger partial charge is 0.494 e. The standard InChI is InChI=1S/C16H23NO4S/c1-4-21-12-5-7-13(8-6-12)22-10-15(18)17-14(16(19)20)9-11(2)3/h5-8,11,14H,4,9-10H2,1-3H3,(H,17,18)(H,19,20)/t14-/m0/s1. The summed E-state index contributed by atoms with van der Waals surface area (Å²) in [4.78, 5) is 23.9. The lowest BCUT2D eigenvalue weighted by atomic mass is 10.0. The number of ether oxygens (including phenoxy) is 1. The fourth-order valence-corrected chi connectivity index (χ4v) is 2.59. The molecule has 1 amide bonds. The summed E-state index contributed by atoms with van der Waals surface area (Å²) in [6, 6.07) is 6.64. The number of hydrogen-bond donors (Lipinski definition) is 2. The van der Waals surface area contributed by atoms with E-state index in [1.165, 1.54) is 11.8 Å². The van der Waals surface area contributed by atoms with E-state index in [1.807, 2.05) is 45.0 Å². The topological polar surface area (TPSA) is 75.6 Å². The van der Waals surface area contributed by atoms with Crippen LogP contribution in [0.25, 0.3) is 0 Å². The molecule has 1 rings (SSSR count). The molecular formula is C16H23NO4S. The number of hydrogen-bond acceptors (Lipinski definition) is 4. The maximum absolute atomic E-state index is 11.9. The lowest BCUT2D eigenvalue weighted by Gasteiger charge is -2.16. The molecule has 0 aromatic heterocycles. The normalized spacial score (nSPS) is 12.0. The van der Waals surface area contributed by atoms with Gasteiger partial charge in [-0.15, -0.1) is 11.8 Å². The minimum atomic E-state index is -0.992. The predicted molar refractivity (Wildman–Crippen MR) is 87.4 cm³/mol. The second kappa shape index (κ2) is 9.35. The molecule has 0 fully saturated rings. The molecule has 2 N–H and O–H groups in total. The molecule has 1 aromatic rings. The van der Waals surface area contributed by atoms with Crippen LogP contribution in [-0.4, -0.2) is 35.4 Å². The van der Waals surface area contributed by atoms with Crippen LogP contribution in [0.15, 0.2) is 29.2 Å². The molecule has 0 aliphatic rings. The van der Waals surface area contributed by atoms with Crippen molar-refractivity contribution in [1.82, 2.24) is 5.32 Å². The van der Waals surface area contributed by atoms with Gasteiger partial charge in [-0.3, -0.25) is 4.79 Å². The van der Waals surface area contributed by atoms with Crippen molar-refractivity contribution in [2.45, 2.75) is 38.1 Å². The Labute approximate surface area is 135 Å². The summed E-state index contributed by atoms with van der Waals surface area (Å²) in [5, 5.41) is 11.7. The Kier molecular flexibility index (Phi) is 7.80. The van der Waals surface area contributed by atoms with Crippen molar-refractivity contribution in [2.24, 2.45) is 5.92 Å². The lowest BCUT2D eigenvalue weighted by Crippen LogP contribution is -2.42. The van der Waals surface area contributed by atoms with Crippen molar-refractivity contribution in [3.63, 3.8) is 0 Å². The third-order valence-corrected chi connectivity index (χ3v) is 3.86. The van der Waals surface area contributed by atoms with Crippen LogP contribution in [0.2, 0.25) is 0 Å². The molecule has 0 aliphatic heterocycles. The van der Waals surface area contributed by atoms with E-state index < -0.39 is 12.0 Å². The van der Waals surface area contributed by atoms with Crippen LogP contribution < -0.4 is 10.1 Å². The van der Waals surface area contributed by atoms with Gasteiger partial charge in [-0.25, -0.2) is 4.79 Å². The van der Waals surface area contributed by atoms with E-state index in [-0.39, 0.29) is 17.6 Å². The highest BCUT2D eigenvalue weighted by molar-refractivity contribution is 8.00. The minimum absolute atomic E-state index is 0.190. The Balaban J connectivity index is 2.45. The second-order valence-corrected chi connectivity index (χ2v) is 6.33. The summed E-state index contributed by atoms with van der Waals surface area (Å²) in [5.74, 6) is -0.0741. The Morgan fingerprint density at radius 1 is 1.27 bits per heavy atom.